The molecule has 2 rings (SSSR count). The summed E-state index contributed by atoms with van der Waals surface area (Å²) in [5.41, 5.74) is 0.697. The predicted octanol–water partition coefficient (Wildman–Crippen LogP) is 1.48. The van der Waals surface area contributed by atoms with Crippen molar-refractivity contribution >= 4 is 11.6 Å². The van der Waals surface area contributed by atoms with Gasteiger partial charge in [-0.1, -0.05) is 0 Å². The summed E-state index contributed by atoms with van der Waals surface area (Å²) in [6.45, 7) is 1.57. The van der Waals surface area contributed by atoms with Crippen LogP contribution in [0.15, 0.2) is 18.3 Å². The molecule has 1 N–H and O–H groups in total. The zero-order chi connectivity index (χ0) is 10.3. The second-order valence-corrected chi connectivity index (χ2v) is 2.93. The number of rotatable bonds is 1. The van der Waals surface area contributed by atoms with Crippen molar-refractivity contribution in [2.24, 2.45) is 0 Å². The Balaban J connectivity index is 2.77. The topological polar surface area (TPSA) is 54.6 Å². The molecular weight excluding hydrogens is 187 g/mol. The first-order chi connectivity index (χ1) is 6.59. The molecule has 0 atom stereocenters. The molecule has 2 heterocycles. The van der Waals surface area contributed by atoms with Crippen LogP contribution >= 0.6 is 0 Å². The summed E-state index contributed by atoms with van der Waals surface area (Å²) in [6, 6.07) is 2.71. The van der Waals surface area contributed by atoms with E-state index in [1.807, 2.05) is 0 Å². The zero-order valence-electron chi connectivity index (χ0n) is 7.36. The van der Waals surface area contributed by atoms with Gasteiger partial charge in [-0.15, -0.1) is 0 Å². The fourth-order valence-electron chi connectivity index (χ4n) is 1.27. The maximum Gasteiger partial charge on any atom is 0.356 e. The van der Waals surface area contributed by atoms with Crippen molar-refractivity contribution < 1.29 is 14.3 Å². The standard InChI is InChI=1S/C9H7FN2O2/c1-5-6(10)2-3-8-11-7(9(13)14)4-12(5)8/h2-4H,1H3,(H,13,14). The molecule has 0 aliphatic rings. The van der Waals surface area contributed by atoms with E-state index in [0.29, 0.717) is 11.3 Å². The molecule has 0 aliphatic heterocycles. The Morgan fingerprint density at radius 3 is 2.93 bits per heavy atom. The fraction of sp³-hybridized carbons (Fsp3) is 0.111. The summed E-state index contributed by atoms with van der Waals surface area (Å²) in [5.74, 6) is -1.50. The van der Waals surface area contributed by atoms with E-state index >= 15 is 0 Å². The number of carboxylic acid groups (broad SMARTS) is 1. The molecule has 0 aromatic carbocycles. The monoisotopic (exact) mass is 194 g/mol. The van der Waals surface area contributed by atoms with Crippen LogP contribution in [-0.2, 0) is 0 Å². The zero-order valence-corrected chi connectivity index (χ0v) is 7.36. The fourth-order valence-corrected chi connectivity index (χ4v) is 1.27. The Labute approximate surface area is 78.6 Å². The summed E-state index contributed by atoms with van der Waals surface area (Å²) < 4.78 is 14.5. The molecule has 2 aromatic heterocycles. The molecule has 0 radical (unpaired) electrons. The Morgan fingerprint density at radius 1 is 1.57 bits per heavy atom. The summed E-state index contributed by atoms with van der Waals surface area (Å²) in [6.07, 6.45) is 1.30. The van der Waals surface area contributed by atoms with Crippen molar-refractivity contribution in [3.8, 4) is 0 Å². The highest BCUT2D eigenvalue weighted by Gasteiger charge is 2.10. The van der Waals surface area contributed by atoms with Crippen molar-refractivity contribution in [3.63, 3.8) is 0 Å². The Bertz CT molecular complexity index is 519. The van der Waals surface area contributed by atoms with Gasteiger partial charge in [0.05, 0.1) is 5.69 Å². The summed E-state index contributed by atoms with van der Waals surface area (Å²) in [5, 5.41) is 8.68. The molecule has 72 valence electrons. The van der Waals surface area contributed by atoms with Crippen LogP contribution in [0.1, 0.15) is 16.2 Å². The molecule has 0 saturated carbocycles. The Hall–Kier alpha value is -1.91. The van der Waals surface area contributed by atoms with Crippen LogP contribution in [0.3, 0.4) is 0 Å². The van der Waals surface area contributed by atoms with Crippen LogP contribution in [0.5, 0.6) is 0 Å². The highest BCUT2D eigenvalue weighted by Crippen LogP contribution is 2.11. The van der Waals surface area contributed by atoms with E-state index in [2.05, 4.69) is 4.98 Å². The summed E-state index contributed by atoms with van der Waals surface area (Å²) in [4.78, 5) is 14.4. The lowest BCUT2D eigenvalue weighted by Gasteiger charge is -1.98. The van der Waals surface area contributed by atoms with Gasteiger partial charge in [-0.2, -0.15) is 0 Å². The molecule has 4 nitrogen and oxygen atoms in total. The number of halogens is 1. The van der Waals surface area contributed by atoms with Crippen LogP contribution in [0.25, 0.3) is 5.65 Å². The number of nitrogens with zero attached hydrogens (tertiary/aromatic N) is 2. The van der Waals surface area contributed by atoms with Crippen molar-refractivity contribution in [1.82, 2.24) is 9.38 Å². The van der Waals surface area contributed by atoms with Gasteiger partial charge in [0.25, 0.3) is 0 Å². The molecule has 14 heavy (non-hydrogen) atoms. The van der Waals surface area contributed by atoms with Gasteiger partial charge in [-0.3, -0.25) is 0 Å². The molecule has 0 amide bonds. The number of aryl methyl sites for hydroxylation is 1. The van der Waals surface area contributed by atoms with Crippen molar-refractivity contribution in [2.75, 3.05) is 0 Å². The number of pyridine rings is 1. The number of carboxylic acids is 1. The lowest BCUT2D eigenvalue weighted by Crippen LogP contribution is -1.95. The smallest absolute Gasteiger partial charge is 0.356 e. The average molecular weight is 194 g/mol. The van der Waals surface area contributed by atoms with E-state index in [-0.39, 0.29) is 11.5 Å². The molecule has 0 bridgehead atoms. The highest BCUT2D eigenvalue weighted by molar-refractivity contribution is 5.86. The minimum atomic E-state index is -1.12. The molecule has 0 aliphatic carbocycles. The number of hydrogen-bond acceptors (Lipinski definition) is 2. The third kappa shape index (κ3) is 1.14. The van der Waals surface area contributed by atoms with Crippen LogP contribution in [0, 0.1) is 12.7 Å². The second-order valence-electron chi connectivity index (χ2n) is 2.93. The Kier molecular flexibility index (Phi) is 1.73. The average Bonchev–Trinajstić information content (AvgIpc) is 2.56. The van der Waals surface area contributed by atoms with Crippen molar-refractivity contribution in [2.45, 2.75) is 6.92 Å². The first-order valence-electron chi connectivity index (χ1n) is 3.97. The SMILES string of the molecule is Cc1c(F)ccc2nc(C(=O)O)cn12. The quantitative estimate of drug-likeness (QED) is 0.748. The number of carbonyl (C=O) groups is 1. The number of imidazole rings is 1. The van der Waals surface area contributed by atoms with Crippen LogP contribution < -0.4 is 0 Å². The van der Waals surface area contributed by atoms with E-state index in [9.17, 15) is 9.18 Å². The van der Waals surface area contributed by atoms with Crippen LogP contribution in [0.2, 0.25) is 0 Å². The first-order valence-corrected chi connectivity index (χ1v) is 3.97. The summed E-state index contributed by atoms with van der Waals surface area (Å²) in [7, 11) is 0. The molecule has 0 fully saturated rings. The minimum absolute atomic E-state index is 0.0845. The molecule has 0 spiro atoms. The largest absolute Gasteiger partial charge is 0.476 e. The van der Waals surface area contributed by atoms with Gasteiger partial charge in [-0.05, 0) is 19.1 Å². The molecule has 2 aromatic rings. The van der Waals surface area contributed by atoms with Gasteiger partial charge < -0.3 is 9.51 Å². The molecule has 0 unspecified atom stereocenters. The number of fused-ring (bicyclic) bond motifs is 1. The predicted molar refractivity (Wildman–Crippen MR) is 46.8 cm³/mol. The first kappa shape index (κ1) is 8.68. The van der Waals surface area contributed by atoms with Gasteiger partial charge in [0.2, 0.25) is 0 Å². The van der Waals surface area contributed by atoms with E-state index in [0.717, 1.165) is 0 Å². The van der Waals surface area contributed by atoms with Gasteiger partial charge in [-0.25, -0.2) is 14.2 Å². The van der Waals surface area contributed by atoms with E-state index in [1.165, 1.54) is 22.7 Å². The number of aromatic nitrogens is 2. The third-order valence-electron chi connectivity index (χ3n) is 2.04. The lowest BCUT2D eigenvalue weighted by atomic mass is 10.3. The molecular formula is C9H7FN2O2. The number of aromatic carboxylic acids is 1. The maximum absolute atomic E-state index is 13.1. The van der Waals surface area contributed by atoms with Crippen LogP contribution in [0.4, 0.5) is 4.39 Å². The lowest BCUT2D eigenvalue weighted by molar-refractivity contribution is 0.0691. The van der Waals surface area contributed by atoms with Gasteiger partial charge in [0.15, 0.2) is 5.69 Å². The van der Waals surface area contributed by atoms with Crippen molar-refractivity contribution in [3.05, 3.63) is 35.5 Å². The summed E-state index contributed by atoms with van der Waals surface area (Å²) >= 11 is 0. The third-order valence-corrected chi connectivity index (χ3v) is 2.04. The maximum atomic E-state index is 13.1. The van der Waals surface area contributed by atoms with Gasteiger partial charge >= 0.3 is 5.97 Å². The van der Waals surface area contributed by atoms with E-state index in [1.54, 1.807) is 6.92 Å². The van der Waals surface area contributed by atoms with E-state index < -0.39 is 5.97 Å². The van der Waals surface area contributed by atoms with Crippen LogP contribution in [-0.4, -0.2) is 20.5 Å². The van der Waals surface area contributed by atoms with E-state index in [4.69, 9.17) is 5.11 Å². The molecule has 0 saturated heterocycles. The minimum Gasteiger partial charge on any atom is -0.476 e. The highest BCUT2D eigenvalue weighted by atomic mass is 19.1. The number of hydrogen-bond donors (Lipinski definition) is 1. The van der Waals surface area contributed by atoms with Crippen molar-refractivity contribution in [1.29, 1.82) is 0 Å². The Morgan fingerprint density at radius 2 is 2.29 bits per heavy atom. The van der Waals surface area contributed by atoms with Gasteiger partial charge in [0.1, 0.15) is 11.5 Å². The second kappa shape index (κ2) is 2.80. The molecule has 5 heteroatoms. The normalized spacial score (nSPS) is 10.7. The van der Waals surface area contributed by atoms with Gasteiger partial charge in [0, 0.05) is 6.20 Å².